The Hall–Kier alpha value is -0.870. The predicted octanol–water partition coefficient (Wildman–Crippen LogP) is 4.03. The van der Waals surface area contributed by atoms with E-state index in [1.165, 1.54) is 0 Å². The number of hydrogen-bond donors (Lipinski definition) is 2. The third kappa shape index (κ3) is 3.02. The van der Waals surface area contributed by atoms with Gasteiger partial charge in [-0.05, 0) is 50.1 Å². The summed E-state index contributed by atoms with van der Waals surface area (Å²) < 4.78 is 0. The van der Waals surface area contributed by atoms with Crippen molar-refractivity contribution in [1.29, 1.82) is 0 Å². The molecule has 1 aromatic carbocycles. The zero-order valence-corrected chi connectivity index (χ0v) is 13.4. The van der Waals surface area contributed by atoms with Gasteiger partial charge in [0.1, 0.15) is 0 Å². The quantitative estimate of drug-likeness (QED) is 0.876. The lowest BCUT2D eigenvalue weighted by molar-refractivity contribution is 0.115. The van der Waals surface area contributed by atoms with Crippen LogP contribution in [0.15, 0.2) is 18.2 Å². The molecule has 2 heterocycles. The maximum Gasteiger partial charge on any atom is 0.0950 e. The van der Waals surface area contributed by atoms with Crippen LogP contribution in [0.4, 0.5) is 0 Å². The monoisotopic (exact) mass is 324 g/mol. The summed E-state index contributed by atoms with van der Waals surface area (Å²) in [4.78, 5) is 4.48. The number of aliphatic hydroxyl groups is 1. The van der Waals surface area contributed by atoms with E-state index >= 15 is 0 Å². The molecule has 0 aliphatic carbocycles. The van der Waals surface area contributed by atoms with Crippen LogP contribution in [0.2, 0.25) is 10.0 Å². The Morgan fingerprint density at radius 2 is 2.10 bits per heavy atom. The highest BCUT2D eigenvalue weighted by atomic mass is 35.5. The van der Waals surface area contributed by atoms with E-state index in [1.807, 2.05) is 19.1 Å². The van der Waals surface area contributed by atoms with Crippen LogP contribution in [0.3, 0.4) is 0 Å². The van der Waals surface area contributed by atoms with Crippen molar-refractivity contribution >= 4 is 34.1 Å². The molecular weight excluding hydrogens is 307 g/mol. The minimum atomic E-state index is -0.580. The molecule has 0 saturated carbocycles. The van der Waals surface area contributed by atoms with Gasteiger partial charge in [0.2, 0.25) is 0 Å². The smallest absolute Gasteiger partial charge is 0.0950 e. The summed E-state index contributed by atoms with van der Waals surface area (Å²) in [6.45, 7) is 2.86. The predicted molar refractivity (Wildman–Crippen MR) is 87.1 cm³/mol. The Morgan fingerprint density at radius 1 is 1.29 bits per heavy atom. The van der Waals surface area contributed by atoms with E-state index in [1.54, 1.807) is 6.07 Å². The number of fused-ring (bicyclic) bond motifs is 1. The molecule has 1 aliphatic rings. The number of pyridine rings is 1. The van der Waals surface area contributed by atoms with Gasteiger partial charge in [0.05, 0.1) is 16.6 Å². The van der Waals surface area contributed by atoms with Gasteiger partial charge in [-0.3, -0.25) is 4.98 Å². The second-order valence-corrected chi connectivity index (χ2v) is 6.48. The van der Waals surface area contributed by atoms with Gasteiger partial charge in [0.15, 0.2) is 0 Å². The van der Waals surface area contributed by atoms with E-state index in [4.69, 9.17) is 23.2 Å². The molecule has 2 atom stereocenters. The maximum absolute atomic E-state index is 10.8. The number of aromatic nitrogens is 1. The lowest BCUT2D eigenvalue weighted by Gasteiger charge is -2.29. The molecule has 2 aromatic rings. The molecule has 1 aromatic heterocycles. The molecule has 1 fully saturated rings. The van der Waals surface area contributed by atoms with Gasteiger partial charge in [-0.2, -0.15) is 0 Å². The SMILES string of the molecule is Cc1cc([C@@H](O)[C@@H]2CCCCN2)c2cc(Cl)cc(Cl)c2n1. The molecule has 1 saturated heterocycles. The molecule has 1 aliphatic heterocycles. The van der Waals surface area contributed by atoms with Crippen molar-refractivity contribution in [3.8, 4) is 0 Å². The number of piperidine rings is 1. The van der Waals surface area contributed by atoms with Crippen LogP contribution < -0.4 is 5.32 Å². The molecule has 0 spiro atoms. The summed E-state index contributed by atoms with van der Waals surface area (Å²) >= 11 is 12.4. The van der Waals surface area contributed by atoms with Crippen LogP contribution in [0.5, 0.6) is 0 Å². The molecule has 0 bridgehead atoms. The summed E-state index contributed by atoms with van der Waals surface area (Å²) in [6, 6.07) is 5.51. The molecule has 3 nitrogen and oxygen atoms in total. The molecular formula is C16H18Cl2N2O. The molecule has 5 heteroatoms. The topological polar surface area (TPSA) is 45.1 Å². The lowest BCUT2D eigenvalue weighted by atomic mass is 9.92. The van der Waals surface area contributed by atoms with E-state index in [2.05, 4.69) is 10.3 Å². The summed E-state index contributed by atoms with van der Waals surface area (Å²) in [5.41, 5.74) is 2.39. The van der Waals surface area contributed by atoms with Crippen LogP contribution in [0.1, 0.15) is 36.6 Å². The largest absolute Gasteiger partial charge is 0.387 e. The molecule has 21 heavy (non-hydrogen) atoms. The maximum atomic E-state index is 10.8. The van der Waals surface area contributed by atoms with Crippen molar-refractivity contribution < 1.29 is 5.11 Å². The Kier molecular flexibility index (Phi) is 4.36. The highest BCUT2D eigenvalue weighted by Gasteiger charge is 2.25. The van der Waals surface area contributed by atoms with Gasteiger partial charge in [-0.1, -0.05) is 29.6 Å². The van der Waals surface area contributed by atoms with E-state index < -0.39 is 6.10 Å². The average molecular weight is 325 g/mol. The van der Waals surface area contributed by atoms with Crippen LogP contribution >= 0.6 is 23.2 Å². The second-order valence-electron chi connectivity index (χ2n) is 5.64. The van der Waals surface area contributed by atoms with E-state index in [0.717, 1.165) is 42.5 Å². The Labute approximate surface area is 134 Å². The number of nitrogens with one attached hydrogen (secondary N) is 1. The third-order valence-electron chi connectivity index (χ3n) is 4.04. The third-order valence-corrected chi connectivity index (χ3v) is 4.55. The molecule has 0 unspecified atom stereocenters. The lowest BCUT2D eigenvalue weighted by Crippen LogP contribution is -2.38. The van der Waals surface area contributed by atoms with Gasteiger partial charge in [0, 0.05) is 22.1 Å². The minimum Gasteiger partial charge on any atom is -0.387 e. The molecule has 112 valence electrons. The summed E-state index contributed by atoms with van der Waals surface area (Å²) in [5, 5.41) is 16.1. The van der Waals surface area contributed by atoms with Crippen LogP contribution in [-0.2, 0) is 0 Å². The van der Waals surface area contributed by atoms with Crippen LogP contribution in [0, 0.1) is 6.92 Å². The fourth-order valence-corrected chi connectivity index (χ4v) is 3.56. The average Bonchev–Trinajstić information content (AvgIpc) is 2.47. The fourth-order valence-electron chi connectivity index (χ4n) is 3.02. The first kappa shape index (κ1) is 15.0. The van der Waals surface area contributed by atoms with Gasteiger partial charge in [-0.25, -0.2) is 0 Å². The number of aryl methyl sites for hydroxylation is 1. The van der Waals surface area contributed by atoms with Crippen molar-refractivity contribution in [2.75, 3.05) is 6.54 Å². The Bertz CT molecular complexity index is 669. The first-order chi connectivity index (χ1) is 10.1. The number of hydrogen-bond acceptors (Lipinski definition) is 3. The fraction of sp³-hybridized carbons (Fsp3) is 0.438. The Morgan fingerprint density at radius 3 is 2.81 bits per heavy atom. The number of benzene rings is 1. The summed E-state index contributed by atoms with van der Waals surface area (Å²) in [7, 11) is 0. The standard InChI is InChI=1S/C16H18Cl2N2O/c1-9-6-12(16(21)14-4-2-3-5-19-14)11-7-10(17)8-13(18)15(11)20-9/h6-8,14,16,19,21H,2-5H2,1H3/t14-,16+/m0/s1. The molecule has 0 radical (unpaired) electrons. The highest BCUT2D eigenvalue weighted by molar-refractivity contribution is 6.38. The minimum absolute atomic E-state index is 0.0708. The van der Waals surface area contributed by atoms with E-state index in [9.17, 15) is 5.11 Å². The normalized spacial score (nSPS) is 20.7. The number of aliphatic hydroxyl groups excluding tert-OH is 1. The summed E-state index contributed by atoms with van der Waals surface area (Å²) in [5.74, 6) is 0. The Balaban J connectivity index is 2.12. The number of halogens is 2. The van der Waals surface area contributed by atoms with E-state index in [-0.39, 0.29) is 6.04 Å². The van der Waals surface area contributed by atoms with Crippen molar-refractivity contribution in [3.05, 3.63) is 39.5 Å². The van der Waals surface area contributed by atoms with Crippen molar-refractivity contribution in [1.82, 2.24) is 10.3 Å². The highest BCUT2D eigenvalue weighted by Crippen LogP contribution is 2.34. The summed E-state index contributed by atoms with van der Waals surface area (Å²) in [6.07, 6.45) is 2.69. The molecule has 3 rings (SSSR count). The van der Waals surface area contributed by atoms with Crippen LogP contribution in [-0.4, -0.2) is 22.7 Å². The zero-order chi connectivity index (χ0) is 15.0. The van der Waals surface area contributed by atoms with Crippen LogP contribution in [0.25, 0.3) is 10.9 Å². The molecule has 0 amide bonds. The molecule has 2 N–H and O–H groups in total. The first-order valence-corrected chi connectivity index (χ1v) is 7.99. The van der Waals surface area contributed by atoms with E-state index in [0.29, 0.717) is 15.6 Å². The van der Waals surface area contributed by atoms with Crippen molar-refractivity contribution in [3.63, 3.8) is 0 Å². The zero-order valence-electron chi connectivity index (χ0n) is 11.9. The number of rotatable bonds is 2. The van der Waals surface area contributed by atoms with Gasteiger partial charge in [-0.15, -0.1) is 0 Å². The van der Waals surface area contributed by atoms with Gasteiger partial charge < -0.3 is 10.4 Å². The van der Waals surface area contributed by atoms with Crippen molar-refractivity contribution in [2.45, 2.75) is 38.3 Å². The van der Waals surface area contributed by atoms with Gasteiger partial charge in [0.25, 0.3) is 0 Å². The second kappa shape index (κ2) is 6.09. The van der Waals surface area contributed by atoms with Gasteiger partial charge >= 0.3 is 0 Å². The first-order valence-electron chi connectivity index (χ1n) is 7.24. The number of nitrogens with zero attached hydrogens (tertiary/aromatic N) is 1. The van der Waals surface area contributed by atoms with Crippen molar-refractivity contribution in [2.24, 2.45) is 0 Å².